The summed E-state index contributed by atoms with van der Waals surface area (Å²) in [5.74, 6) is 1.02. The summed E-state index contributed by atoms with van der Waals surface area (Å²) in [6.45, 7) is 4.33. The number of nitrogens with zero attached hydrogens (tertiary/aromatic N) is 3. The standard InChI is InChI=1S/C21H25Cl2N3S.CH5NS/c1-2-16-20(27-17-7-5-6-15(22)19(17)23)24-14-18(25-16)26-12-10-21(11-13-26)8-3-4-9-21;1-2-3/h5-7,14H,2-4,8-13H2,1H3;2-3H,1H3. The van der Waals surface area contributed by atoms with E-state index in [0.717, 1.165) is 40.9 Å². The van der Waals surface area contributed by atoms with Crippen LogP contribution in [-0.4, -0.2) is 30.1 Å². The van der Waals surface area contributed by atoms with Crippen molar-refractivity contribution in [3.63, 3.8) is 0 Å². The topological polar surface area (TPSA) is 41.1 Å². The first kappa shape index (κ1) is 24.0. The van der Waals surface area contributed by atoms with Crippen LogP contribution in [0.25, 0.3) is 0 Å². The van der Waals surface area contributed by atoms with Gasteiger partial charge in [-0.3, -0.25) is 4.72 Å². The molecule has 8 heteroatoms. The lowest BCUT2D eigenvalue weighted by molar-refractivity contribution is 0.226. The highest BCUT2D eigenvalue weighted by Gasteiger charge is 2.37. The maximum absolute atomic E-state index is 6.34. The molecule has 2 aromatic rings. The predicted octanol–water partition coefficient (Wildman–Crippen LogP) is 6.71. The first-order valence-corrected chi connectivity index (χ1v) is 12.6. The van der Waals surface area contributed by atoms with Crippen molar-refractivity contribution >= 4 is 53.6 Å². The zero-order valence-electron chi connectivity index (χ0n) is 17.6. The van der Waals surface area contributed by atoms with Gasteiger partial charge in [0.05, 0.1) is 21.9 Å². The van der Waals surface area contributed by atoms with Gasteiger partial charge in [-0.2, -0.15) is 0 Å². The van der Waals surface area contributed by atoms with E-state index < -0.39 is 0 Å². The van der Waals surface area contributed by atoms with Gasteiger partial charge in [-0.15, -0.1) is 0 Å². The van der Waals surface area contributed by atoms with Crippen molar-refractivity contribution in [2.75, 3.05) is 25.0 Å². The molecule has 1 aromatic heterocycles. The Morgan fingerprint density at radius 2 is 1.83 bits per heavy atom. The van der Waals surface area contributed by atoms with Gasteiger partial charge in [0.2, 0.25) is 0 Å². The molecule has 0 unspecified atom stereocenters. The minimum absolute atomic E-state index is 0.568. The number of nitrogens with one attached hydrogen (secondary N) is 1. The summed E-state index contributed by atoms with van der Waals surface area (Å²) in [6, 6.07) is 5.69. The van der Waals surface area contributed by atoms with Crippen LogP contribution in [0.2, 0.25) is 10.0 Å². The number of hydrogen-bond acceptors (Lipinski definition) is 6. The van der Waals surface area contributed by atoms with E-state index in [1.54, 1.807) is 24.9 Å². The molecule has 0 atom stereocenters. The fourth-order valence-corrected chi connectivity index (χ4v) is 5.82. The van der Waals surface area contributed by atoms with Gasteiger partial charge in [-0.1, -0.05) is 73.6 Å². The van der Waals surface area contributed by atoms with Crippen LogP contribution in [0.5, 0.6) is 0 Å². The van der Waals surface area contributed by atoms with Crippen LogP contribution in [0.1, 0.15) is 51.1 Å². The highest BCUT2D eigenvalue weighted by atomic mass is 35.5. The van der Waals surface area contributed by atoms with Gasteiger partial charge in [-0.25, -0.2) is 9.97 Å². The van der Waals surface area contributed by atoms with Gasteiger partial charge < -0.3 is 4.90 Å². The average molecular weight is 486 g/mol. The molecule has 2 heterocycles. The first-order valence-electron chi connectivity index (χ1n) is 10.6. The third kappa shape index (κ3) is 5.77. The van der Waals surface area contributed by atoms with Gasteiger partial charge in [0.1, 0.15) is 10.8 Å². The highest BCUT2D eigenvalue weighted by Crippen LogP contribution is 2.46. The zero-order valence-corrected chi connectivity index (χ0v) is 20.8. The Kier molecular flexibility index (Phi) is 9.02. The largest absolute Gasteiger partial charge is 0.355 e. The van der Waals surface area contributed by atoms with Crippen molar-refractivity contribution in [2.24, 2.45) is 5.41 Å². The number of piperidine rings is 1. The average Bonchev–Trinajstić information content (AvgIpc) is 3.21. The maximum Gasteiger partial charge on any atom is 0.147 e. The smallest absolute Gasteiger partial charge is 0.147 e. The predicted molar refractivity (Wildman–Crippen MR) is 132 cm³/mol. The molecule has 1 N–H and O–H groups in total. The van der Waals surface area contributed by atoms with Crippen molar-refractivity contribution < 1.29 is 0 Å². The Balaban J connectivity index is 0.000000806. The molecule has 0 radical (unpaired) electrons. The van der Waals surface area contributed by atoms with Crippen LogP contribution in [0, 0.1) is 5.41 Å². The third-order valence-corrected chi connectivity index (χ3v) is 8.09. The molecule has 1 spiro atoms. The van der Waals surface area contributed by atoms with Crippen molar-refractivity contribution in [3.05, 3.63) is 40.1 Å². The van der Waals surface area contributed by atoms with Crippen LogP contribution in [-0.2, 0) is 6.42 Å². The molecule has 0 bridgehead atoms. The summed E-state index contributed by atoms with van der Waals surface area (Å²) in [7, 11) is 1.74. The second-order valence-corrected chi connectivity index (χ2v) is 10.2. The number of hydrogen-bond donors (Lipinski definition) is 2. The lowest BCUT2D eigenvalue weighted by Gasteiger charge is -2.40. The molecule has 0 amide bonds. The monoisotopic (exact) mass is 484 g/mol. The van der Waals surface area contributed by atoms with Crippen molar-refractivity contribution in [3.8, 4) is 0 Å². The van der Waals surface area contributed by atoms with Crippen molar-refractivity contribution in [1.29, 1.82) is 0 Å². The number of rotatable bonds is 4. The fraction of sp³-hybridized carbons (Fsp3) is 0.545. The molecule has 1 aliphatic carbocycles. The molecule has 30 heavy (non-hydrogen) atoms. The van der Waals surface area contributed by atoms with Crippen LogP contribution < -0.4 is 9.62 Å². The molecule has 2 fully saturated rings. The van der Waals surface area contributed by atoms with E-state index in [1.807, 2.05) is 18.3 Å². The number of aryl methyl sites for hydroxylation is 1. The molecule has 4 rings (SSSR count). The minimum atomic E-state index is 0.568. The number of benzene rings is 1. The molecule has 164 valence electrons. The van der Waals surface area contributed by atoms with Crippen LogP contribution in [0.3, 0.4) is 0 Å². The lowest BCUT2D eigenvalue weighted by Crippen LogP contribution is -2.39. The minimum Gasteiger partial charge on any atom is -0.355 e. The van der Waals surface area contributed by atoms with E-state index in [9.17, 15) is 0 Å². The van der Waals surface area contributed by atoms with E-state index in [2.05, 4.69) is 29.4 Å². The number of aromatic nitrogens is 2. The molecule has 2 aliphatic rings. The van der Waals surface area contributed by atoms with E-state index in [-0.39, 0.29) is 0 Å². The van der Waals surface area contributed by atoms with Crippen molar-refractivity contribution in [2.45, 2.75) is 61.8 Å². The summed E-state index contributed by atoms with van der Waals surface area (Å²) in [6.07, 6.45) is 11.0. The Morgan fingerprint density at radius 1 is 1.17 bits per heavy atom. The van der Waals surface area contributed by atoms with Gasteiger partial charge >= 0.3 is 0 Å². The maximum atomic E-state index is 6.34. The third-order valence-electron chi connectivity index (χ3n) is 6.06. The number of thiol groups is 1. The Morgan fingerprint density at radius 3 is 2.47 bits per heavy atom. The second kappa shape index (κ2) is 11.3. The number of anilines is 1. The molecule has 1 aliphatic heterocycles. The van der Waals surface area contributed by atoms with E-state index in [4.69, 9.17) is 33.2 Å². The van der Waals surface area contributed by atoms with Crippen molar-refractivity contribution in [1.82, 2.24) is 14.7 Å². The molecular weight excluding hydrogens is 455 g/mol. The molecule has 1 aromatic carbocycles. The SMILES string of the molecule is CCc1nc(N2CCC3(CCCC3)CC2)cnc1Sc1cccc(Cl)c1Cl.CNS. The molecule has 4 nitrogen and oxygen atoms in total. The quantitative estimate of drug-likeness (QED) is 0.471. The summed E-state index contributed by atoms with van der Waals surface area (Å²) in [5, 5.41) is 2.06. The van der Waals surface area contributed by atoms with Crippen LogP contribution in [0.15, 0.2) is 34.3 Å². The van der Waals surface area contributed by atoms with E-state index >= 15 is 0 Å². The van der Waals surface area contributed by atoms with E-state index in [0.29, 0.717) is 15.5 Å². The van der Waals surface area contributed by atoms with E-state index in [1.165, 1.54) is 38.5 Å². The first-order chi connectivity index (χ1) is 14.5. The Bertz CT molecular complexity index is 834. The van der Waals surface area contributed by atoms with Gasteiger partial charge in [-0.05, 0) is 56.7 Å². The molecular formula is C22H30Cl2N4S2. The van der Waals surface area contributed by atoms with Gasteiger partial charge in [0.15, 0.2) is 0 Å². The molecule has 1 saturated carbocycles. The Hall–Kier alpha value is -0.660. The van der Waals surface area contributed by atoms with Gasteiger partial charge in [0.25, 0.3) is 0 Å². The normalized spacial score (nSPS) is 17.7. The fourth-order valence-electron chi connectivity index (χ4n) is 4.38. The number of halogens is 2. The summed E-state index contributed by atoms with van der Waals surface area (Å²) in [5.41, 5.74) is 1.64. The lowest BCUT2D eigenvalue weighted by atomic mass is 9.77. The second-order valence-electron chi connectivity index (χ2n) is 7.91. The summed E-state index contributed by atoms with van der Waals surface area (Å²) in [4.78, 5) is 13.0. The summed E-state index contributed by atoms with van der Waals surface area (Å²) >= 11 is 17.6. The molecule has 1 saturated heterocycles. The summed E-state index contributed by atoms with van der Waals surface area (Å²) < 4.78 is 2.44. The highest BCUT2D eigenvalue weighted by molar-refractivity contribution is 7.99. The van der Waals surface area contributed by atoms with Crippen LogP contribution in [0.4, 0.5) is 5.82 Å². The Labute approximate surface area is 200 Å². The zero-order chi connectivity index (χ0) is 21.6. The van der Waals surface area contributed by atoms with Crippen LogP contribution >= 0.6 is 47.8 Å². The van der Waals surface area contributed by atoms with Gasteiger partial charge in [0, 0.05) is 18.0 Å².